The molecule has 2 unspecified atom stereocenters. The molecule has 3 heteroatoms. The third-order valence-corrected chi connectivity index (χ3v) is 3.90. The number of hydrogen-bond donors (Lipinski definition) is 0. The Bertz CT molecular complexity index is 273. The minimum absolute atomic E-state index is 0.103. The van der Waals surface area contributed by atoms with Crippen molar-refractivity contribution in [3.05, 3.63) is 12.3 Å². The molecule has 2 atom stereocenters. The number of carbonyl (C=O) groups excluding carboxylic acids is 1. The van der Waals surface area contributed by atoms with E-state index in [0.717, 1.165) is 12.8 Å². The predicted octanol–water partition coefficient (Wildman–Crippen LogP) is 3.15. The molecule has 1 saturated carbocycles. The van der Waals surface area contributed by atoms with Crippen LogP contribution >= 0.6 is 0 Å². The van der Waals surface area contributed by atoms with E-state index in [1.165, 1.54) is 0 Å². The van der Waals surface area contributed by atoms with E-state index in [2.05, 4.69) is 13.8 Å². The first kappa shape index (κ1) is 14.1. The fourth-order valence-corrected chi connectivity index (χ4v) is 2.78. The van der Waals surface area contributed by atoms with E-state index in [4.69, 9.17) is 9.47 Å². The minimum Gasteiger partial charge on any atom is -0.502 e. The molecular weight excluding hydrogens is 216 g/mol. The molecule has 1 rings (SSSR count). The van der Waals surface area contributed by atoms with Gasteiger partial charge in [0.15, 0.2) is 0 Å². The zero-order valence-electron chi connectivity index (χ0n) is 11.4. The van der Waals surface area contributed by atoms with Crippen LogP contribution in [0.25, 0.3) is 0 Å². The summed E-state index contributed by atoms with van der Waals surface area (Å²) >= 11 is 0. The molecule has 0 aromatic heterocycles. The van der Waals surface area contributed by atoms with Crippen LogP contribution in [0.4, 0.5) is 0 Å². The monoisotopic (exact) mass is 240 g/mol. The molecule has 0 N–H and O–H groups in total. The van der Waals surface area contributed by atoms with Crippen molar-refractivity contribution in [3.8, 4) is 0 Å². The summed E-state index contributed by atoms with van der Waals surface area (Å²) < 4.78 is 10.5. The topological polar surface area (TPSA) is 35.5 Å². The van der Waals surface area contributed by atoms with Crippen LogP contribution in [0.2, 0.25) is 0 Å². The van der Waals surface area contributed by atoms with Gasteiger partial charge in [-0.15, -0.1) is 0 Å². The van der Waals surface area contributed by atoms with Crippen LogP contribution in [-0.2, 0) is 14.3 Å². The number of carbonyl (C=O) groups is 1. The number of rotatable bonds is 5. The molecule has 3 nitrogen and oxygen atoms in total. The lowest BCUT2D eigenvalue weighted by atomic mass is 9.73. The van der Waals surface area contributed by atoms with Crippen LogP contribution < -0.4 is 0 Å². The van der Waals surface area contributed by atoms with E-state index in [1.807, 2.05) is 19.9 Å². The summed E-state index contributed by atoms with van der Waals surface area (Å²) in [5, 5.41) is 0. The van der Waals surface area contributed by atoms with Crippen LogP contribution in [-0.4, -0.2) is 19.2 Å². The van der Waals surface area contributed by atoms with Gasteiger partial charge in [-0.2, -0.15) is 0 Å². The number of ether oxygens (including phenoxy) is 2. The van der Waals surface area contributed by atoms with Crippen molar-refractivity contribution in [2.24, 2.45) is 17.3 Å². The molecule has 0 heterocycles. The molecule has 1 aliphatic rings. The fourth-order valence-electron chi connectivity index (χ4n) is 2.78. The Morgan fingerprint density at radius 3 is 2.29 bits per heavy atom. The van der Waals surface area contributed by atoms with Gasteiger partial charge in [0, 0.05) is 0 Å². The Kier molecular flexibility index (Phi) is 5.03. The minimum atomic E-state index is -0.495. The Labute approximate surface area is 104 Å². The Hall–Kier alpha value is -0.990. The quantitative estimate of drug-likeness (QED) is 0.547. The molecule has 1 fully saturated rings. The van der Waals surface area contributed by atoms with E-state index < -0.39 is 5.41 Å². The molecule has 0 spiro atoms. The van der Waals surface area contributed by atoms with Crippen molar-refractivity contribution in [1.29, 1.82) is 0 Å². The molecule has 17 heavy (non-hydrogen) atoms. The second-order valence-electron chi connectivity index (χ2n) is 4.79. The fraction of sp³-hybridized carbons (Fsp3) is 0.786. The standard InChI is InChI=1S/C14H24O3/c1-5-16-10-9-14(13(15)17-6-2)11(3)7-8-12(14)4/h9-12H,5-8H2,1-4H3. The second-order valence-corrected chi connectivity index (χ2v) is 4.79. The van der Waals surface area contributed by atoms with Gasteiger partial charge in [-0.05, 0) is 44.6 Å². The molecule has 98 valence electrons. The highest BCUT2D eigenvalue weighted by Gasteiger charge is 2.51. The van der Waals surface area contributed by atoms with Gasteiger partial charge in [0.25, 0.3) is 0 Å². The van der Waals surface area contributed by atoms with Crippen LogP contribution in [0.15, 0.2) is 12.3 Å². The predicted molar refractivity (Wildman–Crippen MR) is 67.4 cm³/mol. The van der Waals surface area contributed by atoms with Gasteiger partial charge < -0.3 is 9.47 Å². The molecule has 0 aromatic carbocycles. The maximum Gasteiger partial charge on any atom is 0.316 e. The Balaban J connectivity index is 2.95. The van der Waals surface area contributed by atoms with Gasteiger partial charge in [0.2, 0.25) is 0 Å². The maximum atomic E-state index is 12.3. The first-order valence-electron chi connectivity index (χ1n) is 6.56. The first-order valence-corrected chi connectivity index (χ1v) is 6.56. The summed E-state index contributed by atoms with van der Waals surface area (Å²) in [7, 11) is 0. The summed E-state index contributed by atoms with van der Waals surface area (Å²) in [6.07, 6.45) is 5.71. The van der Waals surface area contributed by atoms with E-state index >= 15 is 0 Å². The molecular formula is C14H24O3. The summed E-state index contributed by atoms with van der Waals surface area (Å²) in [5.41, 5.74) is -0.495. The Morgan fingerprint density at radius 1 is 1.24 bits per heavy atom. The molecule has 0 saturated heterocycles. The highest BCUT2D eigenvalue weighted by molar-refractivity contribution is 5.80. The lowest BCUT2D eigenvalue weighted by Gasteiger charge is -2.31. The van der Waals surface area contributed by atoms with Crippen molar-refractivity contribution in [1.82, 2.24) is 0 Å². The van der Waals surface area contributed by atoms with E-state index in [0.29, 0.717) is 25.0 Å². The van der Waals surface area contributed by atoms with Crippen LogP contribution in [0, 0.1) is 17.3 Å². The summed E-state index contributed by atoms with van der Waals surface area (Å²) in [6.45, 7) is 9.08. The normalized spacial score (nSPS) is 32.9. The molecule has 0 aliphatic heterocycles. The van der Waals surface area contributed by atoms with Crippen LogP contribution in [0.3, 0.4) is 0 Å². The number of esters is 1. The lowest BCUT2D eigenvalue weighted by Crippen LogP contribution is -2.38. The zero-order valence-corrected chi connectivity index (χ0v) is 11.4. The van der Waals surface area contributed by atoms with Gasteiger partial charge in [0.1, 0.15) is 0 Å². The van der Waals surface area contributed by atoms with Gasteiger partial charge in [-0.25, -0.2) is 0 Å². The third kappa shape index (κ3) is 2.64. The van der Waals surface area contributed by atoms with Crippen molar-refractivity contribution in [2.45, 2.75) is 40.5 Å². The van der Waals surface area contributed by atoms with E-state index in [1.54, 1.807) is 6.26 Å². The van der Waals surface area contributed by atoms with Crippen molar-refractivity contribution < 1.29 is 14.3 Å². The summed E-state index contributed by atoms with van der Waals surface area (Å²) in [4.78, 5) is 12.3. The third-order valence-electron chi connectivity index (χ3n) is 3.90. The van der Waals surface area contributed by atoms with Crippen LogP contribution in [0.5, 0.6) is 0 Å². The van der Waals surface area contributed by atoms with Crippen molar-refractivity contribution in [3.63, 3.8) is 0 Å². The molecule has 0 amide bonds. The number of hydrogen-bond acceptors (Lipinski definition) is 3. The highest BCUT2D eigenvalue weighted by Crippen LogP contribution is 2.49. The smallest absolute Gasteiger partial charge is 0.316 e. The summed E-state index contributed by atoms with van der Waals surface area (Å²) in [5.74, 6) is 0.523. The zero-order chi connectivity index (χ0) is 12.9. The van der Waals surface area contributed by atoms with Gasteiger partial charge in [-0.3, -0.25) is 4.79 Å². The van der Waals surface area contributed by atoms with Crippen molar-refractivity contribution >= 4 is 5.97 Å². The van der Waals surface area contributed by atoms with E-state index in [-0.39, 0.29) is 5.97 Å². The molecule has 0 radical (unpaired) electrons. The average molecular weight is 240 g/mol. The largest absolute Gasteiger partial charge is 0.502 e. The first-order chi connectivity index (χ1) is 8.09. The molecule has 0 bridgehead atoms. The average Bonchev–Trinajstić information content (AvgIpc) is 2.58. The molecule has 1 aliphatic carbocycles. The second kappa shape index (κ2) is 6.08. The van der Waals surface area contributed by atoms with Crippen LogP contribution in [0.1, 0.15) is 40.5 Å². The van der Waals surface area contributed by atoms with Gasteiger partial charge >= 0.3 is 5.97 Å². The van der Waals surface area contributed by atoms with Crippen molar-refractivity contribution in [2.75, 3.05) is 13.2 Å². The highest BCUT2D eigenvalue weighted by atomic mass is 16.5. The SMILES string of the molecule is CCOC=CC1(C(=O)OCC)C(C)CCC1C. The lowest BCUT2D eigenvalue weighted by molar-refractivity contribution is -0.156. The van der Waals surface area contributed by atoms with Gasteiger partial charge in [0.05, 0.1) is 24.9 Å². The maximum absolute atomic E-state index is 12.3. The Morgan fingerprint density at radius 2 is 1.82 bits per heavy atom. The van der Waals surface area contributed by atoms with E-state index in [9.17, 15) is 4.79 Å². The van der Waals surface area contributed by atoms with Gasteiger partial charge in [-0.1, -0.05) is 13.8 Å². The summed E-state index contributed by atoms with van der Waals surface area (Å²) in [6, 6.07) is 0. The molecule has 0 aromatic rings.